The first kappa shape index (κ1) is 15.6. The van der Waals surface area contributed by atoms with Gasteiger partial charge in [0, 0.05) is 12.7 Å². The fourth-order valence-corrected chi connectivity index (χ4v) is 1.99. The monoisotopic (exact) mass is 299 g/mol. The predicted molar refractivity (Wildman–Crippen MR) is 80.5 cm³/mol. The molecule has 0 unspecified atom stereocenters. The van der Waals surface area contributed by atoms with E-state index in [0.29, 0.717) is 18.7 Å². The van der Waals surface area contributed by atoms with Crippen molar-refractivity contribution in [1.82, 2.24) is 14.9 Å². The molecule has 6 nitrogen and oxygen atoms in total. The Hall–Kier alpha value is -2.76. The molecule has 2 rings (SSSR count). The second-order valence-electron chi connectivity index (χ2n) is 4.90. The lowest BCUT2D eigenvalue weighted by atomic mass is 10.1. The molecule has 0 atom stereocenters. The molecule has 0 saturated carbocycles. The number of rotatable bonds is 6. The highest BCUT2D eigenvalue weighted by Crippen LogP contribution is 2.05. The Kier molecular flexibility index (Phi) is 5.19. The first-order valence-corrected chi connectivity index (χ1v) is 6.90. The van der Waals surface area contributed by atoms with E-state index in [-0.39, 0.29) is 12.2 Å². The van der Waals surface area contributed by atoms with Crippen molar-refractivity contribution >= 4 is 11.9 Å². The average Bonchev–Trinajstić information content (AvgIpc) is 2.52. The van der Waals surface area contributed by atoms with Crippen LogP contribution in [0, 0.1) is 6.92 Å². The maximum Gasteiger partial charge on any atom is 0.323 e. The first-order chi connectivity index (χ1) is 10.6. The minimum Gasteiger partial charge on any atom is -0.480 e. The van der Waals surface area contributed by atoms with Gasteiger partial charge in [-0.2, -0.15) is 0 Å². The van der Waals surface area contributed by atoms with E-state index >= 15 is 0 Å². The normalized spacial score (nSPS) is 10.2. The number of hydrogen-bond donors (Lipinski definition) is 1. The van der Waals surface area contributed by atoms with Crippen LogP contribution in [0.25, 0.3) is 0 Å². The summed E-state index contributed by atoms with van der Waals surface area (Å²) in [7, 11) is 0. The fourth-order valence-electron chi connectivity index (χ4n) is 1.99. The largest absolute Gasteiger partial charge is 0.480 e. The molecule has 1 aromatic carbocycles. The third kappa shape index (κ3) is 4.37. The molecule has 6 heteroatoms. The molecule has 22 heavy (non-hydrogen) atoms. The number of nitrogens with zero attached hydrogens (tertiary/aromatic N) is 3. The number of carboxylic acids is 1. The summed E-state index contributed by atoms with van der Waals surface area (Å²) in [5.41, 5.74) is 1.89. The highest BCUT2D eigenvalue weighted by atomic mass is 16.4. The zero-order valence-electron chi connectivity index (χ0n) is 12.3. The minimum absolute atomic E-state index is 0.153. The molecule has 0 spiro atoms. The number of hydrogen-bond acceptors (Lipinski definition) is 4. The highest BCUT2D eigenvalue weighted by Gasteiger charge is 2.19. The summed E-state index contributed by atoms with van der Waals surface area (Å²) in [6.07, 6.45) is 3.44. The van der Waals surface area contributed by atoms with Crippen molar-refractivity contribution in [1.29, 1.82) is 0 Å². The molecule has 0 bridgehead atoms. The standard InChI is InChI=1S/C16H17N3O3/c1-12-9-18-14(10-17-12)16(22)19(11-15(20)21)8-7-13-5-3-2-4-6-13/h2-6,9-10H,7-8,11H2,1H3,(H,20,21). The Morgan fingerprint density at radius 2 is 1.86 bits per heavy atom. The van der Waals surface area contributed by atoms with Gasteiger partial charge in [-0.15, -0.1) is 0 Å². The predicted octanol–water partition coefficient (Wildman–Crippen LogP) is 1.55. The summed E-state index contributed by atoms with van der Waals surface area (Å²) in [5, 5.41) is 8.99. The number of aromatic nitrogens is 2. The van der Waals surface area contributed by atoms with E-state index in [2.05, 4.69) is 9.97 Å². The van der Waals surface area contributed by atoms with Crippen molar-refractivity contribution in [3.63, 3.8) is 0 Å². The van der Waals surface area contributed by atoms with Gasteiger partial charge < -0.3 is 10.0 Å². The Morgan fingerprint density at radius 1 is 1.14 bits per heavy atom. The lowest BCUT2D eigenvalue weighted by molar-refractivity contribution is -0.137. The van der Waals surface area contributed by atoms with Crippen LogP contribution in [0.4, 0.5) is 0 Å². The number of carboxylic acid groups (broad SMARTS) is 1. The molecule has 0 radical (unpaired) electrons. The van der Waals surface area contributed by atoms with Crippen LogP contribution in [-0.2, 0) is 11.2 Å². The molecule has 114 valence electrons. The second-order valence-corrected chi connectivity index (χ2v) is 4.90. The van der Waals surface area contributed by atoms with Crippen LogP contribution < -0.4 is 0 Å². The van der Waals surface area contributed by atoms with E-state index < -0.39 is 11.9 Å². The fraction of sp³-hybridized carbons (Fsp3) is 0.250. The van der Waals surface area contributed by atoms with E-state index in [1.165, 1.54) is 17.3 Å². The smallest absolute Gasteiger partial charge is 0.323 e. The van der Waals surface area contributed by atoms with E-state index in [9.17, 15) is 9.59 Å². The van der Waals surface area contributed by atoms with Gasteiger partial charge in [0.1, 0.15) is 12.2 Å². The van der Waals surface area contributed by atoms with E-state index in [1.54, 1.807) is 6.92 Å². The number of carbonyl (C=O) groups is 2. The Bertz CT molecular complexity index is 641. The average molecular weight is 299 g/mol. The van der Waals surface area contributed by atoms with Crippen LogP contribution in [-0.4, -0.2) is 44.9 Å². The summed E-state index contributed by atoms with van der Waals surface area (Å²) in [4.78, 5) is 32.7. The topological polar surface area (TPSA) is 83.4 Å². The molecule has 1 heterocycles. The maximum absolute atomic E-state index is 12.4. The van der Waals surface area contributed by atoms with E-state index in [4.69, 9.17) is 5.11 Å². The number of carbonyl (C=O) groups excluding carboxylic acids is 1. The highest BCUT2D eigenvalue weighted by molar-refractivity contribution is 5.93. The van der Waals surface area contributed by atoms with Crippen molar-refractivity contribution in [3.05, 3.63) is 59.7 Å². The van der Waals surface area contributed by atoms with Crippen molar-refractivity contribution in [2.45, 2.75) is 13.3 Å². The third-order valence-corrected chi connectivity index (χ3v) is 3.13. The molecule has 1 N–H and O–H groups in total. The molecule has 0 fully saturated rings. The molecule has 1 aromatic heterocycles. The van der Waals surface area contributed by atoms with Crippen molar-refractivity contribution in [2.24, 2.45) is 0 Å². The van der Waals surface area contributed by atoms with Crippen LogP contribution >= 0.6 is 0 Å². The first-order valence-electron chi connectivity index (χ1n) is 6.90. The van der Waals surface area contributed by atoms with Gasteiger partial charge >= 0.3 is 5.97 Å². The number of amides is 1. The summed E-state index contributed by atoms with van der Waals surface area (Å²) in [6.45, 7) is 1.72. The molecule has 0 aliphatic carbocycles. The van der Waals surface area contributed by atoms with Gasteiger partial charge in [0.15, 0.2) is 0 Å². The zero-order chi connectivity index (χ0) is 15.9. The van der Waals surface area contributed by atoms with Gasteiger partial charge in [-0.3, -0.25) is 14.6 Å². The zero-order valence-corrected chi connectivity index (χ0v) is 12.3. The summed E-state index contributed by atoms with van der Waals surface area (Å²) < 4.78 is 0. The molecule has 1 amide bonds. The summed E-state index contributed by atoms with van der Waals surface area (Å²) >= 11 is 0. The third-order valence-electron chi connectivity index (χ3n) is 3.13. The van der Waals surface area contributed by atoms with Gasteiger partial charge in [-0.25, -0.2) is 4.98 Å². The number of aliphatic carboxylic acids is 1. The molecular weight excluding hydrogens is 282 g/mol. The molecular formula is C16H17N3O3. The molecule has 2 aromatic rings. The molecule has 0 aliphatic heterocycles. The van der Waals surface area contributed by atoms with Gasteiger partial charge in [0.25, 0.3) is 5.91 Å². The maximum atomic E-state index is 12.4. The SMILES string of the molecule is Cc1cnc(C(=O)N(CCc2ccccc2)CC(=O)O)cn1. The summed E-state index contributed by atoms with van der Waals surface area (Å²) in [6, 6.07) is 9.60. The Labute approximate surface area is 128 Å². The van der Waals surface area contributed by atoms with Gasteiger partial charge in [0.2, 0.25) is 0 Å². The van der Waals surface area contributed by atoms with Crippen LogP contribution in [0.15, 0.2) is 42.7 Å². The Morgan fingerprint density at radius 3 is 2.45 bits per heavy atom. The van der Waals surface area contributed by atoms with Crippen molar-refractivity contribution in [3.8, 4) is 0 Å². The van der Waals surface area contributed by atoms with Gasteiger partial charge in [-0.05, 0) is 18.9 Å². The van der Waals surface area contributed by atoms with Gasteiger partial charge in [0.05, 0.1) is 11.9 Å². The van der Waals surface area contributed by atoms with Crippen LogP contribution in [0.1, 0.15) is 21.7 Å². The molecule has 0 aliphatic rings. The van der Waals surface area contributed by atoms with Crippen LogP contribution in [0.2, 0.25) is 0 Å². The lowest BCUT2D eigenvalue weighted by Crippen LogP contribution is -2.37. The van der Waals surface area contributed by atoms with Crippen molar-refractivity contribution in [2.75, 3.05) is 13.1 Å². The number of benzene rings is 1. The quantitative estimate of drug-likeness (QED) is 0.875. The minimum atomic E-state index is -1.05. The van der Waals surface area contributed by atoms with Crippen molar-refractivity contribution < 1.29 is 14.7 Å². The van der Waals surface area contributed by atoms with Crippen LogP contribution in [0.3, 0.4) is 0 Å². The second kappa shape index (κ2) is 7.31. The van der Waals surface area contributed by atoms with E-state index in [1.807, 2.05) is 30.3 Å². The van der Waals surface area contributed by atoms with E-state index in [0.717, 1.165) is 5.56 Å². The van der Waals surface area contributed by atoms with Crippen LogP contribution in [0.5, 0.6) is 0 Å². The number of aryl methyl sites for hydroxylation is 1. The molecule has 0 saturated heterocycles. The lowest BCUT2D eigenvalue weighted by Gasteiger charge is -2.20. The summed E-state index contributed by atoms with van der Waals surface area (Å²) in [5.74, 6) is -1.48. The Balaban J connectivity index is 2.09. The van der Waals surface area contributed by atoms with Gasteiger partial charge in [-0.1, -0.05) is 30.3 Å².